The SMILES string of the molecule is COC(=O)c1cc(F)ncc1-c1cc(Cl)cc(Cl)c1. The molecule has 1 aromatic heterocycles. The highest BCUT2D eigenvalue weighted by molar-refractivity contribution is 6.35. The summed E-state index contributed by atoms with van der Waals surface area (Å²) in [5.41, 5.74) is 1.02. The molecule has 0 aliphatic rings. The second-order valence-corrected chi connectivity index (χ2v) is 4.58. The van der Waals surface area contributed by atoms with Gasteiger partial charge in [0.1, 0.15) is 0 Å². The maximum absolute atomic E-state index is 13.1. The number of carbonyl (C=O) groups is 1. The van der Waals surface area contributed by atoms with Crippen LogP contribution in [0.2, 0.25) is 10.0 Å². The average Bonchev–Trinajstić information content (AvgIpc) is 2.36. The minimum absolute atomic E-state index is 0.0633. The molecule has 0 spiro atoms. The molecular formula is C13H8Cl2FNO2. The number of halogens is 3. The van der Waals surface area contributed by atoms with Gasteiger partial charge in [0, 0.05) is 27.9 Å². The second-order valence-electron chi connectivity index (χ2n) is 3.70. The average molecular weight is 300 g/mol. The van der Waals surface area contributed by atoms with Gasteiger partial charge in [-0.2, -0.15) is 4.39 Å². The molecule has 0 fully saturated rings. The largest absolute Gasteiger partial charge is 0.465 e. The van der Waals surface area contributed by atoms with Gasteiger partial charge in [0.2, 0.25) is 5.95 Å². The zero-order valence-corrected chi connectivity index (χ0v) is 11.3. The Hall–Kier alpha value is -1.65. The molecule has 98 valence electrons. The topological polar surface area (TPSA) is 39.2 Å². The van der Waals surface area contributed by atoms with Crippen LogP contribution in [0.5, 0.6) is 0 Å². The molecule has 0 N–H and O–H groups in total. The molecule has 0 radical (unpaired) electrons. The van der Waals surface area contributed by atoms with Crippen molar-refractivity contribution in [3.05, 3.63) is 52.0 Å². The van der Waals surface area contributed by atoms with Crippen molar-refractivity contribution in [2.24, 2.45) is 0 Å². The van der Waals surface area contributed by atoms with E-state index in [-0.39, 0.29) is 5.56 Å². The molecule has 2 aromatic rings. The fourth-order valence-corrected chi connectivity index (χ4v) is 2.17. The first kappa shape index (κ1) is 13.8. The number of hydrogen-bond donors (Lipinski definition) is 0. The first-order valence-corrected chi connectivity index (χ1v) is 5.97. The van der Waals surface area contributed by atoms with Gasteiger partial charge in [-0.15, -0.1) is 0 Å². The summed E-state index contributed by atoms with van der Waals surface area (Å²) in [5, 5.41) is 0.810. The van der Waals surface area contributed by atoms with Crippen molar-refractivity contribution in [2.45, 2.75) is 0 Å². The van der Waals surface area contributed by atoms with Crippen LogP contribution in [0.3, 0.4) is 0 Å². The van der Waals surface area contributed by atoms with E-state index in [4.69, 9.17) is 23.2 Å². The van der Waals surface area contributed by atoms with Crippen LogP contribution in [0.4, 0.5) is 4.39 Å². The molecule has 6 heteroatoms. The zero-order chi connectivity index (χ0) is 14.0. The van der Waals surface area contributed by atoms with Crippen LogP contribution in [0.25, 0.3) is 11.1 Å². The number of carbonyl (C=O) groups excluding carboxylic acids is 1. The summed E-state index contributed by atoms with van der Waals surface area (Å²) in [7, 11) is 1.22. The Balaban J connectivity index is 2.64. The van der Waals surface area contributed by atoms with Crippen LogP contribution in [0, 0.1) is 5.95 Å². The van der Waals surface area contributed by atoms with E-state index in [0.717, 1.165) is 6.07 Å². The number of nitrogens with zero attached hydrogens (tertiary/aromatic N) is 1. The Morgan fingerprint density at radius 3 is 2.42 bits per heavy atom. The molecular weight excluding hydrogens is 292 g/mol. The lowest BCUT2D eigenvalue weighted by Gasteiger charge is -2.08. The van der Waals surface area contributed by atoms with Gasteiger partial charge >= 0.3 is 5.97 Å². The van der Waals surface area contributed by atoms with Gasteiger partial charge in [-0.3, -0.25) is 0 Å². The number of esters is 1. The van der Waals surface area contributed by atoms with Gasteiger partial charge < -0.3 is 4.74 Å². The summed E-state index contributed by atoms with van der Waals surface area (Å²) < 4.78 is 17.8. The number of methoxy groups -OCH3 is 1. The summed E-state index contributed by atoms with van der Waals surface area (Å²) in [6.45, 7) is 0. The number of ether oxygens (including phenoxy) is 1. The lowest BCUT2D eigenvalue weighted by Crippen LogP contribution is -2.05. The molecule has 0 saturated carbocycles. The van der Waals surface area contributed by atoms with Crippen LogP contribution in [-0.2, 0) is 4.74 Å². The molecule has 0 atom stereocenters. The first-order valence-electron chi connectivity index (χ1n) is 5.21. The highest BCUT2D eigenvalue weighted by Gasteiger charge is 2.16. The summed E-state index contributed by atoms with van der Waals surface area (Å²) in [6, 6.07) is 5.78. The van der Waals surface area contributed by atoms with Gasteiger partial charge in [0.05, 0.1) is 12.7 Å². The first-order chi connectivity index (χ1) is 9.01. The van der Waals surface area contributed by atoms with Crippen molar-refractivity contribution in [1.82, 2.24) is 4.98 Å². The van der Waals surface area contributed by atoms with Crippen molar-refractivity contribution >= 4 is 29.2 Å². The van der Waals surface area contributed by atoms with Gasteiger partial charge in [-0.25, -0.2) is 9.78 Å². The minimum Gasteiger partial charge on any atom is -0.465 e. The molecule has 0 bridgehead atoms. The van der Waals surface area contributed by atoms with E-state index in [1.807, 2.05) is 0 Å². The number of pyridine rings is 1. The van der Waals surface area contributed by atoms with Crippen molar-refractivity contribution in [3.63, 3.8) is 0 Å². The number of hydrogen-bond acceptors (Lipinski definition) is 3. The summed E-state index contributed by atoms with van der Waals surface area (Å²) in [5.74, 6) is -1.43. The third-order valence-corrected chi connectivity index (χ3v) is 2.89. The molecule has 0 aliphatic heterocycles. The van der Waals surface area contributed by atoms with Crippen molar-refractivity contribution in [2.75, 3.05) is 7.11 Å². The summed E-state index contributed by atoms with van der Waals surface area (Å²) in [4.78, 5) is 15.2. The van der Waals surface area contributed by atoms with E-state index in [2.05, 4.69) is 9.72 Å². The maximum Gasteiger partial charge on any atom is 0.338 e. The summed E-state index contributed by atoms with van der Waals surface area (Å²) in [6.07, 6.45) is 1.24. The standard InChI is InChI=1S/C13H8Cl2FNO2/c1-19-13(18)10-5-12(16)17-6-11(10)7-2-8(14)4-9(15)3-7/h2-6H,1H3. The Bertz CT molecular complexity index is 626. The molecule has 0 saturated heterocycles. The van der Waals surface area contributed by atoms with Crippen LogP contribution < -0.4 is 0 Å². The molecule has 19 heavy (non-hydrogen) atoms. The maximum atomic E-state index is 13.1. The summed E-state index contributed by atoms with van der Waals surface area (Å²) >= 11 is 11.8. The highest BCUT2D eigenvalue weighted by Crippen LogP contribution is 2.29. The van der Waals surface area contributed by atoms with Gasteiger partial charge in [0.15, 0.2) is 0 Å². The van der Waals surface area contributed by atoms with E-state index >= 15 is 0 Å². The Morgan fingerprint density at radius 2 is 1.84 bits per heavy atom. The molecule has 0 amide bonds. The number of aromatic nitrogens is 1. The normalized spacial score (nSPS) is 10.3. The Labute approximate surface area is 118 Å². The Morgan fingerprint density at radius 1 is 1.21 bits per heavy atom. The Kier molecular flexibility index (Phi) is 4.02. The third-order valence-electron chi connectivity index (χ3n) is 2.45. The van der Waals surface area contributed by atoms with E-state index in [1.54, 1.807) is 18.2 Å². The highest BCUT2D eigenvalue weighted by atomic mass is 35.5. The van der Waals surface area contributed by atoms with Crippen LogP contribution in [-0.4, -0.2) is 18.1 Å². The fourth-order valence-electron chi connectivity index (χ4n) is 1.65. The van der Waals surface area contributed by atoms with Crippen LogP contribution in [0.15, 0.2) is 30.5 Å². The van der Waals surface area contributed by atoms with E-state index in [9.17, 15) is 9.18 Å². The lowest BCUT2D eigenvalue weighted by molar-refractivity contribution is 0.0601. The zero-order valence-electron chi connectivity index (χ0n) is 9.78. The predicted molar refractivity (Wildman–Crippen MR) is 71.0 cm³/mol. The molecule has 1 aromatic carbocycles. The van der Waals surface area contributed by atoms with E-state index in [0.29, 0.717) is 21.2 Å². The molecule has 3 nitrogen and oxygen atoms in total. The number of rotatable bonds is 2. The smallest absolute Gasteiger partial charge is 0.338 e. The van der Waals surface area contributed by atoms with Crippen molar-refractivity contribution in [1.29, 1.82) is 0 Å². The third kappa shape index (κ3) is 3.03. The van der Waals surface area contributed by atoms with Crippen molar-refractivity contribution < 1.29 is 13.9 Å². The molecule has 2 rings (SSSR count). The van der Waals surface area contributed by atoms with E-state index < -0.39 is 11.9 Å². The minimum atomic E-state index is -0.766. The lowest BCUT2D eigenvalue weighted by atomic mass is 10.0. The fraction of sp³-hybridized carbons (Fsp3) is 0.0769. The number of benzene rings is 1. The second kappa shape index (κ2) is 5.55. The van der Waals surface area contributed by atoms with Gasteiger partial charge in [-0.05, 0) is 23.8 Å². The molecule has 0 unspecified atom stereocenters. The van der Waals surface area contributed by atoms with Crippen molar-refractivity contribution in [3.8, 4) is 11.1 Å². The van der Waals surface area contributed by atoms with E-state index in [1.165, 1.54) is 13.3 Å². The molecule has 1 heterocycles. The van der Waals surface area contributed by atoms with Gasteiger partial charge in [0.25, 0.3) is 0 Å². The predicted octanol–water partition coefficient (Wildman–Crippen LogP) is 3.98. The molecule has 0 aliphatic carbocycles. The monoisotopic (exact) mass is 299 g/mol. The van der Waals surface area contributed by atoms with Crippen LogP contribution >= 0.6 is 23.2 Å². The van der Waals surface area contributed by atoms with Gasteiger partial charge in [-0.1, -0.05) is 23.2 Å². The quantitative estimate of drug-likeness (QED) is 0.622. The van der Waals surface area contributed by atoms with Crippen LogP contribution in [0.1, 0.15) is 10.4 Å².